The molecule has 1 nitrogen and oxygen atoms in total. The highest BCUT2D eigenvalue weighted by molar-refractivity contribution is 5.87. The first kappa shape index (κ1) is 13.3. The first-order valence-electron chi connectivity index (χ1n) is 5.34. The molecule has 2 rings (SSSR count). The van der Waals surface area contributed by atoms with Crippen molar-refractivity contribution in [3.05, 3.63) is 59.4 Å². The van der Waals surface area contributed by atoms with Crippen LogP contribution in [-0.4, -0.2) is 6.29 Å². The van der Waals surface area contributed by atoms with Gasteiger partial charge in [0.05, 0.1) is 5.56 Å². The van der Waals surface area contributed by atoms with E-state index in [0.29, 0.717) is 11.8 Å². The normalized spacial score (nSPS) is 11.4. The van der Waals surface area contributed by atoms with Gasteiger partial charge in [0, 0.05) is 5.56 Å². The summed E-state index contributed by atoms with van der Waals surface area (Å²) in [4.78, 5) is 10.9. The van der Waals surface area contributed by atoms with Gasteiger partial charge >= 0.3 is 6.18 Å². The molecular weight excluding hydrogens is 260 g/mol. The Bertz CT molecular complexity index is 617. The maximum absolute atomic E-state index is 13.1. The summed E-state index contributed by atoms with van der Waals surface area (Å²) in [5, 5.41) is 0. The van der Waals surface area contributed by atoms with Crippen LogP contribution < -0.4 is 0 Å². The van der Waals surface area contributed by atoms with Gasteiger partial charge in [-0.3, -0.25) is 4.79 Å². The van der Waals surface area contributed by atoms with Gasteiger partial charge in [-0.05, 0) is 35.4 Å². The summed E-state index contributed by atoms with van der Waals surface area (Å²) < 4.78 is 50.7. The maximum Gasteiger partial charge on any atom is 0.416 e. The Labute approximate surface area is 106 Å². The van der Waals surface area contributed by atoms with Crippen LogP contribution in [0.4, 0.5) is 17.6 Å². The third kappa shape index (κ3) is 2.81. The molecular formula is C14H8F4O. The summed E-state index contributed by atoms with van der Waals surface area (Å²) in [6.07, 6.45) is -4.19. The number of carbonyl (C=O) groups is 1. The molecule has 0 aliphatic heterocycles. The molecule has 0 fully saturated rings. The van der Waals surface area contributed by atoms with Crippen molar-refractivity contribution in [3.63, 3.8) is 0 Å². The molecule has 0 radical (unpaired) electrons. The van der Waals surface area contributed by atoms with Gasteiger partial charge in [-0.25, -0.2) is 4.39 Å². The lowest BCUT2D eigenvalue weighted by Gasteiger charge is -2.10. The smallest absolute Gasteiger partial charge is 0.298 e. The predicted molar refractivity (Wildman–Crippen MR) is 62.2 cm³/mol. The molecule has 0 saturated heterocycles. The molecule has 0 unspecified atom stereocenters. The van der Waals surface area contributed by atoms with Crippen molar-refractivity contribution in [2.24, 2.45) is 0 Å². The third-order valence-electron chi connectivity index (χ3n) is 2.64. The van der Waals surface area contributed by atoms with Crippen LogP contribution in [0.3, 0.4) is 0 Å². The van der Waals surface area contributed by atoms with E-state index in [9.17, 15) is 22.4 Å². The van der Waals surface area contributed by atoms with Crippen molar-refractivity contribution in [2.75, 3.05) is 0 Å². The molecule has 0 aliphatic rings. The monoisotopic (exact) mass is 268 g/mol. The first-order valence-corrected chi connectivity index (χ1v) is 5.34. The van der Waals surface area contributed by atoms with Gasteiger partial charge in [0.25, 0.3) is 0 Å². The Morgan fingerprint density at radius 3 is 2.32 bits per heavy atom. The Balaban J connectivity index is 2.56. The highest BCUT2D eigenvalue weighted by Crippen LogP contribution is 2.33. The summed E-state index contributed by atoms with van der Waals surface area (Å²) in [6, 6.07) is 8.13. The van der Waals surface area contributed by atoms with Crippen LogP contribution >= 0.6 is 0 Å². The summed E-state index contributed by atoms with van der Waals surface area (Å²) in [5.41, 5.74) is -0.409. The lowest BCUT2D eigenvalue weighted by molar-refractivity contribution is -0.137. The zero-order chi connectivity index (χ0) is 14.0. The van der Waals surface area contributed by atoms with Crippen LogP contribution in [0.1, 0.15) is 15.9 Å². The Hall–Kier alpha value is -2.17. The van der Waals surface area contributed by atoms with E-state index in [0.717, 1.165) is 18.2 Å². The van der Waals surface area contributed by atoms with Gasteiger partial charge < -0.3 is 0 Å². The average Bonchev–Trinajstić information content (AvgIpc) is 2.37. The van der Waals surface area contributed by atoms with E-state index in [1.165, 1.54) is 24.3 Å². The van der Waals surface area contributed by atoms with Crippen molar-refractivity contribution >= 4 is 6.29 Å². The number of hydrogen-bond acceptors (Lipinski definition) is 1. The second-order valence-corrected chi connectivity index (χ2v) is 3.93. The molecule has 5 heteroatoms. The van der Waals surface area contributed by atoms with E-state index >= 15 is 0 Å². The Morgan fingerprint density at radius 1 is 1.00 bits per heavy atom. The van der Waals surface area contributed by atoms with E-state index in [2.05, 4.69) is 0 Å². The summed E-state index contributed by atoms with van der Waals surface area (Å²) in [5.74, 6) is -0.519. The standard InChI is InChI=1S/C14H8F4O/c15-12-3-1-2-9(7-12)13-5-4-11(14(16,17)18)6-10(13)8-19/h1-8H. The molecule has 2 aromatic carbocycles. The fourth-order valence-electron chi connectivity index (χ4n) is 1.76. The maximum atomic E-state index is 13.1. The van der Waals surface area contributed by atoms with Crippen LogP contribution in [0, 0.1) is 5.82 Å². The fourth-order valence-corrected chi connectivity index (χ4v) is 1.76. The molecule has 98 valence electrons. The van der Waals surface area contributed by atoms with E-state index in [1.807, 2.05) is 0 Å². The lowest BCUT2D eigenvalue weighted by Crippen LogP contribution is -2.05. The highest BCUT2D eigenvalue weighted by Gasteiger charge is 2.31. The van der Waals surface area contributed by atoms with Gasteiger partial charge in [-0.15, -0.1) is 0 Å². The second-order valence-electron chi connectivity index (χ2n) is 3.93. The Kier molecular flexibility index (Phi) is 3.38. The van der Waals surface area contributed by atoms with Crippen molar-refractivity contribution < 1.29 is 22.4 Å². The SMILES string of the molecule is O=Cc1cc(C(F)(F)F)ccc1-c1cccc(F)c1. The van der Waals surface area contributed by atoms with Crippen molar-refractivity contribution in [1.29, 1.82) is 0 Å². The number of hydrogen-bond donors (Lipinski definition) is 0. The number of benzene rings is 2. The molecule has 0 saturated carbocycles. The summed E-state index contributed by atoms with van der Waals surface area (Å²) in [7, 11) is 0. The van der Waals surface area contributed by atoms with Crippen molar-refractivity contribution in [1.82, 2.24) is 0 Å². The van der Waals surface area contributed by atoms with Gasteiger partial charge in [0.1, 0.15) is 5.82 Å². The molecule has 0 N–H and O–H groups in total. The summed E-state index contributed by atoms with van der Waals surface area (Å²) >= 11 is 0. The lowest BCUT2D eigenvalue weighted by atomic mass is 9.98. The fraction of sp³-hybridized carbons (Fsp3) is 0.0714. The summed E-state index contributed by atoms with van der Waals surface area (Å²) in [6.45, 7) is 0. The first-order chi connectivity index (χ1) is 8.91. The van der Waals surface area contributed by atoms with Gasteiger partial charge in [0.15, 0.2) is 6.29 Å². The van der Waals surface area contributed by atoms with Crippen LogP contribution in [0.15, 0.2) is 42.5 Å². The average molecular weight is 268 g/mol. The largest absolute Gasteiger partial charge is 0.416 e. The topological polar surface area (TPSA) is 17.1 Å². The van der Waals surface area contributed by atoms with E-state index in [1.54, 1.807) is 0 Å². The second kappa shape index (κ2) is 4.84. The predicted octanol–water partition coefficient (Wildman–Crippen LogP) is 4.32. The van der Waals surface area contributed by atoms with E-state index in [-0.39, 0.29) is 11.1 Å². The molecule has 19 heavy (non-hydrogen) atoms. The van der Waals surface area contributed by atoms with Crippen molar-refractivity contribution in [3.8, 4) is 11.1 Å². The number of halogens is 4. The molecule has 0 aromatic heterocycles. The van der Waals surface area contributed by atoms with E-state index < -0.39 is 17.6 Å². The zero-order valence-corrected chi connectivity index (χ0v) is 9.54. The zero-order valence-electron chi connectivity index (χ0n) is 9.54. The molecule has 0 amide bonds. The Morgan fingerprint density at radius 2 is 1.74 bits per heavy atom. The van der Waals surface area contributed by atoms with Crippen LogP contribution in [0.5, 0.6) is 0 Å². The molecule has 2 aromatic rings. The van der Waals surface area contributed by atoms with Crippen molar-refractivity contribution in [2.45, 2.75) is 6.18 Å². The number of rotatable bonds is 2. The van der Waals surface area contributed by atoms with Crippen LogP contribution in [-0.2, 0) is 6.18 Å². The quantitative estimate of drug-likeness (QED) is 0.585. The van der Waals surface area contributed by atoms with E-state index in [4.69, 9.17) is 0 Å². The number of alkyl halides is 3. The van der Waals surface area contributed by atoms with Crippen LogP contribution in [0.25, 0.3) is 11.1 Å². The van der Waals surface area contributed by atoms with Gasteiger partial charge in [-0.2, -0.15) is 13.2 Å². The van der Waals surface area contributed by atoms with Gasteiger partial charge in [0.2, 0.25) is 0 Å². The highest BCUT2D eigenvalue weighted by atomic mass is 19.4. The van der Waals surface area contributed by atoms with Gasteiger partial charge in [-0.1, -0.05) is 18.2 Å². The molecule has 0 spiro atoms. The number of aldehydes is 1. The number of carbonyl (C=O) groups excluding carboxylic acids is 1. The molecule has 0 bridgehead atoms. The molecule has 0 aliphatic carbocycles. The molecule has 0 atom stereocenters. The van der Waals surface area contributed by atoms with Crippen LogP contribution in [0.2, 0.25) is 0 Å². The molecule has 0 heterocycles. The minimum absolute atomic E-state index is 0.125. The minimum Gasteiger partial charge on any atom is -0.298 e. The minimum atomic E-state index is -4.52. The third-order valence-corrected chi connectivity index (χ3v) is 2.64.